The number of hydrogen-bond donors (Lipinski definition) is 1. The van der Waals surface area contributed by atoms with Crippen molar-refractivity contribution in [3.8, 4) is 0 Å². The van der Waals surface area contributed by atoms with Crippen molar-refractivity contribution in [3.05, 3.63) is 40.6 Å². The Kier molecular flexibility index (Phi) is 3.41. The lowest BCUT2D eigenvalue weighted by molar-refractivity contribution is 0.471. The summed E-state index contributed by atoms with van der Waals surface area (Å²) in [4.78, 5) is 5.72. The van der Waals surface area contributed by atoms with Gasteiger partial charge in [-0.1, -0.05) is 6.07 Å². The van der Waals surface area contributed by atoms with Crippen molar-refractivity contribution in [2.45, 2.75) is 25.9 Å². The molecule has 0 saturated heterocycles. The highest BCUT2D eigenvalue weighted by atomic mass is 32.1. The Morgan fingerprint density at radius 2 is 2.19 bits per heavy atom. The van der Waals surface area contributed by atoms with Crippen molar-refractivity contribution in [3.63, 3.8) is 0 Å². The Bertz CT molecular complexity index is 433. The van der Waals surface area contributed by atoms with Gasteiger partial charge in [-0.3, -0.25) is 0 Å². The molecule has 2 aromatic heterocycles. The molecule has 16 heavy (non-hydrogen) atoms. The van der Waals surface area contributed by atoms with E-state index in [4.69, 9.17) is 0 Å². The first-order chi connectivity index (χ1) is 7.68. The van der Waals surface area contributed by atoms with Crippen molar-refractivity contribution in [2.75, 3.05) is 0 Å². The van der Waals surface area contributed by atoms with E-state index in [1.54, 1.807) is 11.3 Å². The Morgan fingerprint density at radius 1 is 1.38 bits per heavy atom. The third-order valence-corrected chi connectivity index (χ3v) is 3.77. The van der Waals surface area contributed by atoms with Gasteiger partial charge >= 0.3 is 0 Å². The molecule has 2 atom stereocenters. The summed E-state index contributed by atoms with van der Waals surface area (Å²) < 4.78 is 2.05. The number of nitrogens with one attached hydrogen (secondary N) is 1. The summed E-state index contributed by atoms with van der Waals surface area (Å²) in [7, 11) is 2.02. The first kappa shape index (κ1) is 11.4. The number of imidazole rings is 1. The molecule has 0 bridgehead atoms. The molecule has 3 nitrogen and oxygen atoms in total. The normalized spacial score (nSPS) is 14.9. The molecule has 86 valence electrons. The van der Waals surface area contributed by atoms with E-state index in [-0.39, 0.29) is 6.04 Å². The number of nitrogens with zero attached hydrogens (tertiary/aromatic N) is 2. The van der Waals surface area contributed by atoms with Gasteiger partial charge in [0, 0.05) is 30.4 Å². The summed E-state index contributed by atoms with van der Waals surface area (Å²) in [6, 6.07) is 4.88. The lowest BCUT2D eigenvalue weighted by Gasteiger charge is -2.18. The van der Waals surface area contributed by atoms with Gasteiger partial charge in [0.05, 0.1) is 6.04 Å². The zero-order chi connectivity index (χ0) is 11.5. The van der Waals surface area contributed by atoms with Crippen LogP contribution in [0.25, 0.3) is 0 Å². The van der Waals surface area contributed by atoms with Crippen LogP contribution in [-0.2, 0) is 7.05 Å². The van der Waals surface area contributed by atoms with Crippen molar-refractivity contribution in [1.29, 1.82) is 0 Å². The van der Waals surface area contributed by atoms with Crippen LogP contribution in [0.2, 0.25) is 0 Å². The van der Waals surface area contributed by atoms with E-state index in [0.29, 0.717) is 6.04 Å². The van der Waals surface area contributed by atoms with Gasteiger partial charge in [-0.2, -0.15) is 0 Å². The predicted octanol–water partition coefficient (Wildman–Crippen LogP) is 2.89. The molecule has 0 amide bonds. The fourth-order valence-corrected chi connectivity index (χ4v) is 2.61. The van der Waals surface area contributed by atoms with Crippen LogP contribution in [0.3, 0.4) is 0 Å². The zero-order valence-corrected chi connectivity index (χ0v) is 10.7. The molecular weight excluding hydrogens is 218 g/mol. The second kappa shape index (κ2) is 4.80. The fraction of sp³-hybridized carbons (Fsp3) is 0.417. The molecule has 2 heterocycles. The molecule has 0 aliphatic rings. The van der Waals surface area contributed by atoms with Crippen molar-refractivity contribution < 1.29 is 0 Å². The van der Waals surface area contributed by atoms with Crippen LogP contribution >= 0.6 is 11.3 Å². The van der Waals surface area contributed by atoms with E-state index in [9.17, 15) is 0 Å². The molecule has 1 unspecified atom stereocenters. The maximum absolute atomic E-state index is 4.35. The average Bonchev–Trinajstić information content (AvgIpc) is 2.86. The highest BCUT2D eigenvalue weighted by molar-refractivity contribution is 7.10. The third kappa shape index (κ3) is 2.33. The van der Waals surface area contributed by atoms with Gasteiger partial charge in [0.15, 0.2) is 0 Å². The van der Waals surface area contributed by atoms with Crippen LogP contribution in [0.1, 0.15) is 36.6 Å². The Labute approximate surface area is 100 Å². The number of hydrogen-bond acceptors (Lipinski definition) is 3. The summed E-state index contributed by atoms with van der Waals surface area (Å²) in [5.74, 6) is 1.07. The lowest BCUT2D eigenvalue weighted by Crippen LogP contribution is -2.24. The largest absolute Gasteiger partial charge is 0.337 e. The van der Waals surface area contributed by atoms with Crippen molar-refractivity contribution in [2.24, 2.45) is 7.05 Å². The molecule has 0 saturated carbocycles. The minimum Gasteiger partial charge on any atom is -0.337 e. The van der Waals surface area contributed by atoms with Crippen molar-refractivity contribution >= 4 is 11.3 Å². The number of aryl methyl sites for hydroxylation is 1. The molecular formula is C12H17N3S. The summed E-state index contributed by atoms with van der Waals surface area (Å²) >= 11 is 1.78. The Morgan fingerprint density at radius 3 is 2.75 bits per heavy atom. The van der Waals surface area contributed by atoms with Gasteiger partial charge in [-0.25, -0.2) is 4.98 Å². The minimum absolute atomic E-state index is 0.261. The van der Waals surface area contributed by atoms with Gasteiger partial charge in [-0.15, -0.1) is 11.3 Å². The van der Waals surface area contributed by atoms with Crippen LogP contribution in [0, 0.1) is 0 Å². The van der Waals surface area contributed by atoms with Gasteiger partial charge in [0.1, 0.15) is 5.82 Å². The molecule has 0 radical (unpaired) electrons. The second-order valence-electron chi connectivity index (χ2n) is 4.02. The monoisotopic (exact) mass is 235 g/mol. The predicted molar refractivity (Wildman–Crippen MR) is 67.5 cm³/mol. The molecule has 0 fully saturated rings. The van der Waals surface area contributed by atoms with E-state index in [1.807, 2.05) is 19.4 Å². The molecule has 2 rings (SSSR count). The molecule has 0 spiro atoms. The van der Waals surface area contributed by atoms with E-state index in [2.05, 4.69) is 46.2 Å². The van der Waals surface area contributed by atoms with E-state index >= 15 is 0 Å². The smallest absolute Gasteiger partial charge is 0.125 e. The Hall–Kier alpha value is -1.13. The van der Waals surface area contributed by atoms with Gasteiger partial charge in [0.25, 0.3) is 0 Å². The molecule has 1 N–H and O–H groups in total. The highest BCUT2D eigenvalue weighted by Crippen LogP contribution is 2.21. The van der Waals surface area contributed by atoms with E-state index in [1.165, 1.54) is 4.88 Å². The van der Waals surface area contributed by atoms with Crippen LogP contribution in [0.15, 0.2) is 29.9 Å². The molecule has 2 aromatic rings. The van der Waals surface area contributed by atoms with Crippen LogP contribution in [-0.4, -0.2) is 9.55 Å². The molecule has 0 aliphatic carbocycles. The van der Waals surface area contributed by atoms with Crippen LogP contribution < -0.4 is 5.32 Å². The summed E-state index contributed by atoms with van der Waals surface area (Å²) in [6.45, 7) is 4.33. The van der Waals surface area contributed by atoms with Gasteiger partial charge < -0.3 is 9.88 Å². The topological polar surface area (TPSA) is 29.9 Å². The second-order valence-corrected chi connectivity index (χ2v) is 5.00. The summed E-state index contributed by atoms with van der Waals surface area (Å²) in [5, 5.41) is 5.66. The number of aromatic nitrogens is 2. The minimum atomic E-state index is 0.261. The summed E-state index contributed by atoms with van der Waals surface area (Å²) in [6.07, 6.45) is 3.81. The quantitative estimate of drug-likeness (QED) is 0.883. The van der Waals surface area contributed by atoms with Crippen LogP contribution in [0.5, 0.6) is 0 Å². The third-order valence-electron chi connectivity index (χ3n) is 2.72. The van der Waals surface area contributed by atoms with Crippen LogP contribution in [0.4, 0.5) is 0 Å². The zero-order valence-electron chi connectivity index (χ0n) is 9.84. The number of rotatable bonds is 4. The highest BCUT2D eigenvalue weighted by Gasteiger charge is 2.14. The molecule has 0 aliphatic heterocycles. The first-order valence-electron chi connectivity index (χ1n) is 5.45. The average molecular weight is 235 g/mol. The maximum atomic E-state index is 4.35. The lowest BCUT2D eigenvalue weighted by atomic mass is 10.2. The number of thiophene rings is 1. The summed E-state index contributed by atoms with van der Waals surface area (Å²) in [5.41, 5.74) is 0. The molecule has 4 heteroatoms. The SMILES string of the molecule is CC(N[C@H](C)c1cccs1)c1nccn1C. The fourth-order valence-electron chi connectivity index (χ4n) is 1.86. The molecule has 0 aromatic carbocycles. The maximum Gasteiger partial charge on any atom is 0.125 e. The van der Waals surface area contributed by atoms with Crippen molar-refractivity contribution in [1.82, 2.24) is 14.9 Å². The van der Waals surface area contributed by atoms with Gasteiger partial charge in [0.2, 0.25) is 0 Å². The first-order valence-corrected chi connectivity index (χ1v) is 6.33. The van der Waals surface area contributed by atoms with E-state index < -0.39 is 0 Å². The Balaban J connectivity index is 2.03. The standard InChI is InChI=1S/C12H17N3S/c1-9(11-5-4-8-16-11)14-10(2)12-13-6-7-15(12)3/h4-10,14H,1-3H3/t9-,10?/m1/s1. The van der Waals surface area contributed by atoms with Gasteiger partial charge in [-0.05, 0) is 25.3 Å². The van der Waals surface area contributed by atoms with E-state index in [0.717, 1.165) is 5.82 Å².